The summed E-state index contributed by atoms with van der Waals surface area (Å²) in [7, 11) is 0. The zero-order valence-electron chi connectivity index (χ0n) is 12.0. The van der Waals surface area contributed by atoms with E-state index in [2.05, 4.69) is 28.2 Å². The average Bonchev–Trinajstić information content (AvgIpc) is 2.97. The minimum absolute atomic E-state index is 0.0155. The van der Waals surface area contributed by atoms with Crippen molar-refractivity contribution in [2.45, 2.75) is 13.0 Å². The Bertz CT molecular complexity index is 980. The summed E-state index contributed by atoms with van der Waals surface area (Å²) in [6.45, 7) is 0.615. The molecule has 108 valence electrons. The van der Waals surface area contributed by atoms with Gasteiger partial charge in [0.05, 0.1) is 17.2 Å². The van der Waals surface area contributed by atoms with Gasteiger partial charge in [0.1, 0.15) is 0 Å². The van der Waals surface area contributed by atoms with Gasteiger partial charge < -0.3 is 4.98 Å². The largest absolute Gasteiger partial charge is 0.358 e. The molecule has 0 unspecified atom stereocenters. The fourth-order valence-corrected chi connectivity index (χ4v) is 2.77. The van der Waals surface area contributed by atoms with E-state index in [0.717, 1.165) is 23.1 Å². The van der Waals surface area contributed by atoms with Crippen molar-refractivity contribution in [2.75, 3.05) is 0 Å². The van der Waals surface area contributed by atoms with E-state index in [-0.39, 0.29) is 5.56 Å². The fourth-order valence-electron chi connectivity index (χ4n) is 2.77. The van der Waals surface area contributed by atoms with Crippen LogP contribution in [0, 0.1) is 0 Å². The van der Waals surface area contributed by atoms with Gasteiger partial charge in [0.25, 0.3) is 5.56 Å². The highest BCUT2D eigenvalue weighted by molar-refractivity contribution is 5.80. The van der Waals surface area contributed by atoms with Crippen LogP contribution >= 0.6 is 0 Å². The topological polar surface area (TPSA) is 50.7 Å². The molecule has 0 aliphatic carbocycles. The standard InChI is InChI=1S/C18H15N3O/c22-18-15-6-2-4-8-17(15)19-12-21(18)10-9-14-11-13-5-1-3-7-16(13)20-14/h1-8,11-12,20H,9-10H2. The van der Waals surface area contributed by atoms with Gasteiger partial charge in [-0.15, -0.1) is 0 Å². The summed E-state index contributed by atoms with van der Waals surface area (Å²) < 4.78 is 1.67. The molecular weight excluding hydrogens is 274 g/mol. The van der Waals surface area contributed by atoms with E-state index in [4.69, 9.17) is 0 Å². The van der Waals surface area contributed by atoms with Gasteiger partial charge in [-0.1, -0.05) is 30.3 Å². The minimum atomic E-state index is 0.0155. The maximum atomic E-state index is 12.4. The smallest absolute Gasteiger partial charge is 0.261 e. The minimum Gasteiger partial charge on any atom is -0.358 e. The van der Waals surface area contributed by atoms with Crippen LogP contribution in [0.15, 0.2) is 65.7 Å². The molecular formula is C18H15N3O. The first kappa shape index (κ1) is 12.8. The zero-order valence-corrected chi connectivity index (χ0v) is 12.0. The molecule has 0 spiro atoms. The van der Waals surface area contributed by atoms with E-state index in [1.165, 1.54) is 5.39 Å². The van der Waals surface area contributed by atoms with Crippen molar-refractivity contribution in [3.05, 3.63) is 77.0 Å². The van der Waals surface area contributed by atoms with Crippen LogP contribution < -0.4 is 5.56 Å². The van der Waals surface area contributed by atoms with Gasteiger partial charge in [-0.05, 0) is 29.7 Å². The van der Waals surface area contributed by atoms with E-state index in [9.17, 15) is 4.79 Å². The predicted octanol–water partition coefficient (Wildman–Crippen LogP) is 3.12. The monoisotopic (exact) mass is 289 g/mol. The van der Waals surface area contributed by atoms with Crippen LogP contribution in [-0.2, 0) is 13.0 Å². The molecule has 0 fully saturated rings. The first-order chi connectivity index (χ1) is 10.8. The van der Waals surface area contributed by atoms with Gasteiger partial charge in [0.2, 0.25) is 0 Å². The lowest BCUT2D eigenvalue weighted by atomic mass is 10.2. The Hall–Kier alpha value is -2.88. The molecule has 0 aliphatic rings. The summed E-state index contributed by atoms with van der Waals surface area (Å²) in [5.74, 6) is 0. The van der Waals surface area contributed by atoms with Crippen LogP contribution in [0.4, 0.5) is 0 Å². The van der Waals surface area contributed by atoms with Gasteiger partial charge >= 0.3 is 0 Å². The number of benzene rings is 2. The summed E-state index contributed by atoms with van der Waals surface area (Å²) in [6, 6.07) is 17.8. The number of hydrogen-bond acceptors (Lipinski definition) is 2. The van der Waals surface area contributed by atoms with E-state index in [1.807, 2.05) is 36.4 Å². The number of fused-ring (bicyclic) bond motifs is 2. The molecule has 4 aromatic rings. The third-order valence-electron chi connectivity index (χ3n) is 3.94. The summed E-state index contributed by atoms with van der Waals surface area (Å²) in [4.78, 5) is 20.2. The highest BCUT2D eigenvalue weighted by atomic mass is 16.1. The van der Waals surface area contributed by atoms with E-state index >= 15 is 0 Å². The Balaban J connectivity index is 1.63. The van der Waals surface area contributed by atoms with Crippen molar-refractivity contribution >= 4 is 21.8 Å². The molecule has 0 aliphatic heterocycles. The molecule has 22 heavy (non-hydrogen) atoms. The maximum Gasteiger partial charge on any atom is 0.261 e. The number of para-hydroxylation sites is 2. The molecule has 2 heterocycles. The average molecular weight is 289 g/mol. The summed E-state index contributed by atoms with van der Waals surface area (Å²) in [6.07, 6.45) is 2.40. The van der Waals surface area contributed by atoms with Crippen molar-refractivity contribution in [3.8, 4) is 0 Å². The predicted molar refractivity (Wildman–Crippen MR) is 88.0 cm³/mol. The van der Waals surface area contributed by atoms with Gasteiger partial charge in [0.15, 0.2) is 0 Å². The van der Waals surface area contributed by atoms with Gasteiger partial charge in [-0.2, -0.15) is 0 Å². The van der Waals surface area contributed by atoms with Crippen LogP contribution in [0.2, 0.25) is 0 Å². The first-order valence-electron chi connectivity index (χ1n) is 7.32. The van der Waals surface area contributed by atoms with Gasteiger partial charge in [-0.25, -0.2) is 4.98 Å². The van der Waals surface area contributed by atoms with Crippen molar-refractivity contribution < 1.29 is 0 Å². The summed E-state index contributed by atoms with van der Waals surface area (Å²) in [5.41, 5.74) is 3.01. The van der Waals surface area contributed by atoms with Gasteiger partial charge in [-0.3, -0.25) is 9.36 Å². The second-order valence-corrected chi connectivity index (χ2v) is 5.39. The molecule has 1 N–H and O–H groups in total. The Morgan fingerprint density at radius 2 is 1.86 bits per heavy atom. The highest BCUT2D eigenvalue weighted by Gasteiger charge is 2.05. The SMILES string of the molecule is O=c1c2ccccc2ncn1CCc1cc2ccccc2[nH]1. The lowest BCUT2D eigenvalue weighted by Gasteiger charge is -2.05. The molecule has 0 bridgehead atoms. The number of aryl methyl sites for hydroxylation is 2. The third-order valence-corrected chi connectivity index (χ3v) is 3.94. The van der Waals surface area contributed by atoms with Crippen LogP contribution in [-0.4, -0.2) is 14.5 Å². The number of nitrogens with zero attached hydrogens (tertiary/aromatic N) is 2. The normalized spacial score (nSPS) is 11.3. The highest BCUT2D eigenvalue weighted by Crippen LogP contribution is 2.15. The molecule has 0 saturated carbocycles. The van der Waals surface area contributed by atoms with Crippen molar-refractivity contribution in [2.24, 2.45) is 0 Å². The zero-order chi connectivity index (χ0) is 14.9. The molecule has 0 saturated heterocycles. The van der Waals surface area contributed by atoms with E-state index in [1.54, 1.807) is 10.9 Å². The van der Waals surface area contributed by atoms with E-state index < -0.39 is 0 Å². The lowest BCUT2D eigenvalue weighted by molar-refractivity contribution is 0.656. The van der Waals surface area contributed by atoms with Gasteiger partial charge in [0, 0.05) is 24.2 Å². The molecule has 0 atom stereocenters. The molecule has 4 rings (SSSR count). The summed E-state index contributed by atoms with van der Waals surface area (Å²) >= 11 is 0. The second-order valence-electron chi connectivity index (χ2n) is 5.39. The number of aromatic amines is 1. The van der Waals surface area contributed by atoms with Crippen molar-refractivity contribution in [3.63, 3.8) is 0 Å². The van der Waals surface area contributed by atoms with Crippen LogP contribution in [0.25, 0.3) is 21.8 Å². The number of nitrogens with one attached hydrogen (secondary N) is 1. The molecule has 0 radical (unpaired) electrons. The number of aromatic nitrogens is 3. The first-order valence-corrected chi connectivity index (χ1v) is 7.32. The number of H-pyrrole nitrogens is 1. The van der Waals surface area contributed by atoms with Crippen molar-refractivity contribution in [1.29, 1.82) is 0 Å². The van der Waals surface area contributed by atoms with Crippen molar-refractivity contribution in [1.82, 2.24) is 14.5 Å². The molecule has 2 aromatic carbocycles. The third kappa shape index (κ3) is 2.19. The Kier molecular flexibility index (Phi) is 3.00. The maximum absolute atomic E-state index is 12.4. The Labute approximate surface area is 127 Å². The summed E-state index contributed by atoms with van der Waals surface area (Å²) in [5, 5.41) is 1.86. The fraction of sp³-hybridized carbons (Fsp3) is 0.111. The second kappa shape index (κ2) is 5.15. The van der Waals surface area contributed by atoms with E-state index in [0.29, 0.717) is 11.9 Å². The lowest BCUT2D eigenvalue weighted by Crippen LogP contribution is -2.21. The Morgan fingerprint density at radius 3 is 2.77 bits per heavy atom. The molecule has 4 heteroatoms. The molecule has 2 aromatic heterocycles. The number of hydrogen-bond donors (Lipinski definition) is 1. The van der Waals surface area contributed by atoms with Crippen LogP contribution in [0.5, 0.6) is 0 Å². The molecule has 4 nitrogen and oxygen atoms in total. The Morgan fingerprint density at radius 1 is 1.05 bits per heavy atom. The quantitative estimate of drug-likeness (QED) is 0.630. The molecule has 0 amide bonds. The van der Waals surface area contributed by atoms with Crippen LogP contribution in [0.3, 0.4) is 0 Å². The number of rotatable bonds is 3. The van der Waals surface area contributed by atoms with Crippen LogP contribution in [0.1, 0.15) is 5.69 Å².